The van der Waals surface area contributed by atoms with Crippen molar-refractivity contribution in [3.63, 3.8) is 0 Å². The highest BCUT2D eigenvalue weighted by Gasteiger charge is 2.22. The number of methoxy groups -OCH3 is 2. The van der Waals surface area contributed by atoms with Gasteiger partial charge in [-0.2, -0.15) is 0 Å². The Morgan fingerprint density at radius 2 is 1.12 bits per heavy atom. The first-order chi connectivity index (χ1) is 12.6. The van der Waals surface area contributed by atoms with E-state index >= 15 is 0 Å². The average molecular weight is 482 g/mol. The van der Waals surface area contributed by atoms with Crippen LogP contribution >= 0.6 is 31.9 Å². The second-order valence-corrected chi connectivity index (χ2v) is 8.83. The number of ether oxygens (including phenoxy) is 2. The molecule has 0 saturated carbocycles. The molecule has 140 valence electrons. The van der Waals surface area contributed by atoms with Gasteiger partial charge >= 0.3 is 0 Å². The zero-order chi connectivity index (χ0) is 18.5. The van der Waals surface area contributed by atoms with E-state index in [2.05, 4.69) is 68.3 Å². The number of halogens is 2. The highest BCUT2D eigenvalue weighted by atomic mass is 79.9. The minimum Gasteiger partial charge on any atom is -0.496 e. The number of benzene rings is 2. The van der Waals surface area contributed by atoms with Crippen molar-refractivity contribution in [3.05, 3.63) is 58.7 Å². The zero-order valence-electron chi connectivity index (χ0n) is 15.4. The minimum absolute atomic E-state index is 0.191. The van der Waals surface area contributed by atoms with E-state index in [1.165, 1.54) is 47.9 Å². The quantitative estimate of drug-likeness (QED) is 0.432. The predicted molar refractivity (Wildman–Crippen MR) is 115 cm³/mol. The van der Waals surface area contributed by atoms with E-state index in [0.29, 0.717) is 0 Å². The maximum absolute atomic E-state index is 5.58. The molecule has 0 spiro atoms. The maximum atomic E-state index is 5.58. The van der Waals surface area contributed by atoms with Gasteiger partial charge in [-0.25, -0.2) is 0 Å². The van der Waals surface area contributed by atoms with Crippen LogP contribution in [0.2, 0.25) is 0 Å². The van der Waals surface area contributed by atoms with E-state index in [1.54, 1.807) is 14.2 Å². The van der Waals surface area contributed by atoms with Crippen LogP contribution < -0.4 is 9.47 Å². The van der Waals surface area contributed by atoms with Crippen molar-refractivity contribution in [2.24, 2.45) is 0 Å². The summed E-state index contributed by atoms with van der Waals surface area (Å²) in [7, 11) is 3.52. The molecule has 2 aromatic carbocycles. The summed E-state index contributed by atoms with van der Waals surface area (Å²) in [5.41, 5.74) is 5.16. The van der Waals surface area contributed by atoms with E-state index < -0.39 is 0 Å². The molecule has 2 aromatic rings. The molecule has 3 rings (SSSR count). The van der Waals surface area contributed by atoms with E-state index in [0.717, 1.165) is 24.3 Å². The lowest BCUT2D eigenvalue weighted by Gasteiger charge is -2.21. The highest BCUT2D eigenvalue weighted by Crippen LogP contribution is 2.44. The molecule has 0 saturated heterocycles. The van der Waals surface area contributed by atoms with Crippen LogP contribution in [0.15, 0.2) is 36.4 Å². The molecule has 2 nitrogen and oxygen atoms in total. The van der Waals surface area contributed by atoms with Gasteiger partial charge in [0.2, 0.25) is 0 Å². The molecule has 0 radical (unpaired) electrons. The van der Waals surface area contributed by atoms with Gasteiger partial charge in [-0.3, -0.25) is 0 Å². The molecule has 0 heterocycles. The van der Waals surface area contributed by atoms with Crippen molar-refractivity contribution >= 4 is 31.9 Å². The van der Waals surface area contributed by atoms with Gasteiger partial charge in [0.1, 0.15) is 11.5 Å². The monoisotopic (exact) mass is 480 g/mol. The number of hydrogen-bond donors (Lipinski definition) is 0. The average Bonchev–Trinajstić information content (AvgIpc) is 2.68. The van der Waals surface area contributed by atoms with Gasteiger partial charge in [0, 0.05) is 0 Å². The van der Waals surface area contributed by atoms with Crippen molar-refractivity contribution in [2.75, 3.05) is 14.2 Å². The molecule has 1 aliphatic carbocycles. The third-order valence-electron chi connectivity index (χ3n) is 5.14. The number of aryl methyl sites for hydroxylation is 2. The fraction of sp³-hybridized carbons (Fsp3) is 0.455. The Morgan fingerprint density at radius 1 is 0.692 bits per heavy atom. The largest absolute Gasteiger partial charge is 0.496 e. The van der Waals surface area contributed by atoms with Crippen LogP contribution in [0.5, 0.6) is 11.5 Å². The third-order valence-corrected chi connectivity index (χ3v) is 7.97. The first-order valence-electron chi connectivity index (χ1n) is 9.26. The second kappa shape index (κ2) is 9.27. The normalized spacial score (nSPS) is 20.9. The zero-order valence-corrected chi connectivity index (χ0v) is 18.6. The van der Waals surface area contributed by atoms with Crippen LogP contribution in [0.4, 0.5) is 0 Å². The summed E-state index contributed by atoms with van der Waals surface area (Å²) in [5.74, 6) is 2.00. The van der Waals surface area contributed by atoms with Crippen LogP contribution in [0, 0.1) is 0 Å². The topological polar surface area (TPSA) is 18.5 Å². The van der Waals surface area contributed by atoms with Crippen molar-refractivity contribution in [1.29, 1.82) is 0 Å². The van der Waals surface area contributed by atoms with Crippen LogP contribution in [0.1, 0.15) is 57.6 Å². The van der Waals surface area contributed by atoms with E-state index in [9.17, 15) is 0 Å². The fourth-order valence-corrected chi connectivity index (χ4v) is 4.83. The summed E-state index contributed by atoms with van der Waals surface area (Å²) in [6.45, 7) is 0. The summed E-state index contributed by atoms with van der Waals surface area (Å²) in [6, 6.07) is 13.1. The lowest BCUT2D eigenvalue weighted by Crippen LogP contribution is -2.04. The van der Waals surface area contributed by atoms with Crippen molar-refractivity contribution in [3.8, 4) is 11.5 Å². The lowest BCUT2D eigenvalue weighted by atomic mass is 9.95. The predicted octanol–water partition coefficient (Wildman–Crippen LogP) is 6.94. The first-order valence-corrected chi connectivity index (χ1v) is 11.1. The molecule has 0 amide bonds. The smallest absolute Gasteiger partial charge is 0.122 e. The Kier molecular flexibility index (Phi) is 7.05. The molecule has 0 fully saturated rings. The lowest BCUT2D eigenvalue weighted by molar-refractivity contribution is 0.407. The van der Waals surface area contributed by atoms with E-state index in [1.807, 2.05) is 0 Å². The Bertz CT molecular complexity index is 681. The molecular formula is C22H26Br2O2. The molecule has 26 heavy (non-hydrogen) atoms. The number of hydrogen-bond acceptors (Lipinski definition) is 2. The second-order valence-electron chi connectivity index (χ2n) is 6.86. The summed E-state index contributed by atoms with van der Waals surface area (Å²) in [5, 5.41) is 0. The number of fused-ring (bicyclic) bond motifs is 4. The standard InChI is InChI=1S/C22H26Br2O2/c1-25-19-11-9-17-13-15(19)7-5-3-4-6-8-16-14-18(22(24)21(17)23)10-12-20(16)26-2/h9-14,21-22H,3-8H2,1-2H3. The van der Waals surface area contributed by atoms with E-state index in [-0.39, 0.29) is 9.65 Å². The van der Waals surface area contributed by atoms with Gasteiger partial charge in [-0.05, 0) is 60.1 Å². The van der Waals surface area contributed by atoms with Gasteiger partial charge in [-0.1, -0.05) is 69.0 Å². The van der Waals surface area contributed by atoms with Crippen LogP contribution in [-0.4, -0.2) is 14.2 Å². The highest BCUT2D eigenvalue weighted by molar-refractivity contribution is 9.12. The van der Waals surface area contributed by atoms with Crippen LogP contribution in [0.3, 0.4) is 0 Å². The van der Waals surface area contributed by atoms with E-state index in [4.69, 9.17) is 9.47 Å². The molecule has 0 aliphatic heterocycles. The maximum Gasteiger partial charge on any atom is 0.122 e. The van der Waals surface area contributed by atoms with Gasteiger partial charge in [-0.15, -0.1) is 0 Å². The summed E-state index contributed by atoms with van der Waals surface area (Å²) in [4.78, 5) is 0.382. The molecular weight excluding hydrogens is 456 g/mol. The van der Waals surface area contributed by atoms with Crippen molar-refractivity contribution in [2.45, 2.75) is 48.2 Å². The first kappa shape index (κ1) is 19.8. The van der Waals surface area contributed by atoms with Crippen LogP contribution in [0.25, 0.3) is 0 Å². The molecule has 4 heteroatoms. The minimum atomic E-state index is 0.191. The molecule has 0 aromatic heterocycles. The Hall–Kier alpha value is -1.000. The molecule has 0 N–H and O–H groups in total. The van der Waals surface area contributed by atoms with Gasteiger partial charge in [0.25, 0.3) is 0 Å². The fourth-order valence-electron chi connectivity index (χ4n) is 3.65. The SMILES string of the molecule is COc1ccc2cc1CCCCCCc1cc(ccc1OC)C(Br)C2Br. The summed E-state index contributed by atoms with van der Waals surface area (Å²) < 4.78 is 11.2. The molecule has 4 bridgehead atoms. The summed E-state index contributed by atoms with van der Waals surface area (Å²) in [6.07, 6.45) is 7.02. The van der Waals surface area contributed by atoms with Gasteiger partial charge in [0.05, 0.1) is 23.9 Å². The Labute approximate surface area is 173 Å². The van der Waals surface area contributed by atoms with Crippen molar-refractivity contribution < 1.29 is 9.47 Å². The Balaban J connectivity index is 1.99. The van der Waals surface area contributed by atoms with Gasteiger partial charge in [0.15, 0.2) is 0 Å². The Morgan fingerprint density at radius 3 is 1.50 bits per heavy atom. The van der Waals surface area contributed by atoms with Crippen molar-refractivity contribution in [1.82, 2.24) is 0 Å². The molecule has 2 unspecified atom stereocenters. The molecule has 2 atom stereocenters. The third kappa shape index (κ3) is 4.45. The van der Waals surface area contributed by atoms with Gasteiger partial charge < -0.3 is 9.47 Å². The molecule has 1 aliphatic rings. The number of rotatable bonds is 2. The number of alkyl halides is 2. The summed E-state index contributed by atoms with van der Waals surface area (Å²) >= 11 is 7.83. The van der Waals surface area contributed by atoms with Crippen LogP contribution in [-0.2, 0) is 12.8 Å².